The number of fused-ring (bicyclic) bond motifs is 2. The molecule has 3 aromatic carbocycles. The van der Waals surface area contributed by atoms with Crippen LogP contribution in [0, 0.1) is 0 Å². The highest BCUT2D eigenvalue weighted by atomic mass is 16.5. The molecule has 1 atom stereocenters. The maximum atomic E-state index is 12.7. The Morgan fingerprint density at radius 3 is 1.95 bits per heavy atom. The lowest BCUT2D eigenvalue weighted by Crippen LogP contribution is -2.38. The Labute approximate surface area is 351 Å². The molecule has 1 unspecified atom stereocenters. The van der Waals surface area contributed by atoms with E-state index in [1.165, 1.54) is 12.8 Å². The molecular weight excluding hydrogens is 763 g/mol. The van der Waals surface area contributed by atoms with Crippen LogP contribution in [0.1, 0.15) is 122 Å². The Morgan fingerprint density at radius 2 is 1.40 bits per heavy atom. The molecule has 3 heterocycles. The number of nitrogens with zero attached hydrogens (tertiary/aromatic N) is 5. The van der Waals surface area contributed by atoms with E-state index < -0.39 is 23.6 Å². The highest BCUT2D eigenvalue weighted by Crippen LogP contribution is 2.37. The van der Waals surface area contributed by atoms with E-state index in [1.807, 2.05) is 12.4 Å². The van der Waals surface area contributed by atoms with Crippen molar-refractivity contribution in [1.29, 1.82) is 0 Å². The van der Waals surface area contributed by atoms with Crippen LogP contribution in [0.3, 0.4) is 0 Å². The van der Waals surface area contributed by atoms with Crippen LogP contribution in [-0.4, -0.2) is 81.7 Å². The highest BCUT2D eigenvalue weighted by molar-refractivity contribution is 6.21. The Balaban J connectivity index is 0.000000181. The molecule has 0 saturated heterocycles. The predicted octanol–water partition coefficient (Wildman–Crippen LogP) is 7.59. The molecule has 5 aliphatic rings. The second-order valence-electron chi connectivity index (χ2n) is 15.8. The summed E-state index contributed by atoms with van der Waals surface area (Å²) in [5.41, 5.74) is 8.85. The first-order valence-corrected chi connectivity index (χ1v) is 21.0. The Morgan fingerprint density at radius 1 is 0.817 bits per heavy atom. The summed E-state index contributed by atoms with van der Waals surface area (Å²) in [5, 5.41) is 3.29. The van der Waals surface area contributed by atoms with Gasteiger partial charge in [-0.3, -0.25) is 19.3 Å². The SMILES string of the molecule is CCNc1ncn(Cc2ccc(OC)c(OC3CCCC3)c2)c2nc(C(C)C)nc1-2.COc1ccc(C(CN2C(=O)c3ccccc3C2=O)C(N)=O)cc1OC1CCCC1. The lowest BCUT2D eigenvalue weighted by molar-refractivity contribution is -0.119. The number of amides is 3. The van der Waals surface area contributed by atoms with Crippen LogP contribution in [0.15, 0.2) is 67.0 Å². The van der Waals surface area contributed by atoms with Gasteiger partial charge in [0.25, 0.3) is 11.8 Å². The predicted molar refractivity (Wildman–Crippen MR) is 227 cm³/mol. The van der Waals surface area contributed by atoms with Crippen molar-refractivity contribution in [1.82, 2.24) is 24.4 Å². The van der Waals surface area contributed by atoms with Gasteiger partial charge in [0.2, 0.25) is 5.91 Å². The lowest BCUT2D eigenvalue weighted by atomic mass is 9.97. The summed E-state index contributed by atoms with van der Waals surface area (Å²) >= 11 is 0. The van der Waals surface area contributed by atoms with Gasteiger partial charge in [-0.05, 0) is 106 Å². The zero-order valence-corrected chi connectivity index (χ0v) is 35.1. The summed E-state index contributed by atoms with van der Waals surface area (Å²) in [6.07, 6.45) is 11.1. The number of anilines is 1. The molecule has 0 bridgehead atoms. The van der Waals surface area contributed by atoms with Gasteiger partial charge in [-0.2, -0.15) is 0 Å². The van der Waals surface area contributed by atoms with Crippen LogP contribution in [0.2, 0.25) is 0 Å². The molecule has 3 N–H and O–H groups in total. The topological polar surface area (TPSA) is 173 Å². The van der Waals surface area contributed by atoms with Gasteiger partial charge < -0.3 is 34.6 Å². The first-order chi connectivity index (χ1) is 29.1. The third-order valence-electron chi connectivity index (χ3n) is 11.3. The van der Waals surface area contributed by atoms with Crippen molar-refractivity contribution in [3.05, 3.63) is 95.1 Å². The zero-order chi connectivity index (χ0) is 42.3. The molecule has 2 fully saturated rings. The van der Waals surface area contributed by atoms with Crippen molar-refractivity contribution in [3.8, 4) is 34.5 Å². The number of benzene rings is 3. The average molecular weight is 818 g/mol. The number of ether oxygens (including phenoxy) is 4. The number of hydrogen-bond acceptors (Lipinski definition) is 11. The number of carbonyl (C=O) groups is 3. The molecule has 3 amide bonds. The van der Waals surface area contributed by atoms with E-state index in [0.29, 0.717) is 34.7 Å². The van der Waals surface area contributed by atoms with Gasteiger partial charge in [0.05, 0.1) is 56.3 Å². The number of rotatable bonds is 15. The first kappa shape index (κ1) is 42.0. The number of carbonyl (C=O) groups excluding carboxylic acids is 3. The van der Waals surface area contributed by atoms with Crippen LogP contribution in [0.4, 0.5) is 5.82 Å². The fourth-order valence-electron chi connectivity index (χ4n) is 8.05. The van der Waals surface area contributed by atoms with Crippen LogP contribution in [0.25, 0.3) is 11.5 Å². The smallest absolute Gasteiger partial charge is 0.261 e. The summed E-state index contributed by atoms with van der Waals surface area (Å²) in [4.78, 5) is 52.9. The van der Waals surface area contributed by atoms with Gasteiger partial charge in [-0.15, -0.1) is 0 Å². The fourth-order valence-corrected chi connectivity index (χ4v) is 8.05. The number of imide groups is 1. The van der Waals surface area contributed by atoms with Crippen LogP contribution in [-0.2, 0) is 11.3 Å². The number of hydrogen-bond donors (Lipinski definition) is 2. The Bertz CT molecular complexity index is 2240. The largest absolute Gasteiger partial charge is 0.493 e. The molecule has 8 rings (SSSR count). The Hall–Kier alpha value is -6.18. The summed E-state index contributed by atoms with van der Waals surface area (Å²) in [6, 6.07) is 17.9. The molecule has 3 aromatic rings. The molecule has 2 aliphatic carbocycles. The number of imidazole rings is 1. The van der Waals surface area contributed by atoms with Crippen LogP contribution >= 0.6 is 0 Å². The number of primary amides is 1. The monoisotopic (exact) mass is 817 g/mol. The van der Waals surface area contributed by atoms with E-state index in [4.69, 9.17) is 34.6 Å². The number of nitrogens with one attached hydrogen (secondary N) is 1. The molecule has 316 valence electrons. The average Bonchev–Trinajstić information content (AvgIpc) is 4.08. The normalized spacial score (nSPS) is 15.9. The number of nitrogens with two attached hydrogens (primary N) is 1. The summed E-state index contributed by atoms with van der Waals surface area (Å²) in [7, 11) is 3.24. The fraction of sp³-hybridized carbons (Fsp3) is 0.435. The second kappa shape index (κ2) is 18.8. The van der Waals surface area contributed by atoms with E-state index in [2.05, 4.69) is 47.8 Å². The minimum Gasteiger partial charge on any atom is -0.493 e. The van der Waals surface area contributed by atoms with Crippen molar-refractivity contribution in [3.63, 3.8) is 0 Å². The Kier molecular flexibility index (Phi) is 13.2. The maximum absolute atomic E-state index is 12.7. The van der Waals surface area contributed by atoms with Gasteiger partial charge in [0.15, 0.2) is 40.3 Å². The molecule has 0 aromatic heterocycles. The van der Waals surface area contributed by atoms with Crippen molar-refractivity contribution >= 4 is 23.5 Å². The molecule has 0 spiro atoms. The first-order valence-electron chi connectivity index (χ1n) is 21.0. The van der Waals surface area contributed by atoms with Crippen molar-refractivity contribution in [2.24, 2.45) is 5.73 Å². The van der Waals surface area contributed by atoms with Crippen molar-refractivity contribution < 1.29 is 33.3 Å². The quantitative estimate of drug-likeness (QED) is 0.0997. The molecular formula is C46H55N7O7. The van der Waals surface area contributed by atoms with E-state index in [1.54, 1.807) is 56.7 Å². The molecule has 60 heavy (non-hydrogen) atoms. The molecule has 14 nitrogen and oxygen atoms in total. The third kappa shape index (κ3) is 9.17. The summed E-state index contributed by atoms with van der Waals surface area (Å²) in [5.74, 6) is 3.10. The van der Waals surface area contributed by atoms with Gasteiger partial charge >= 0.3 is 0 Å². The standard InChI is InChI=1S/C23H31N5O2.C23H24N2O5/c1-5-24-22-20-23(27-21(26-20)15(2)3)28(14-25-22)13-16-10-11-18(29-4)19(12-16)30-17-8-6-7-9-17;1-29-19-11-10-14(12-20(19)30-15-6-2-3-7-15)18(21(24)26)13-25-22(27)16-8-4-5-9-17(16)23(25)28/h10-12,14-15,17,24H,5-9,13H2,1-4H3;4-5,8-12,15,18H,2-3,6-7,13H2,1H3,(H2,24,26). The summed E-state index contributed by atoms with van der Waals surface area (Å²) in [6.45, 7) is 7.56. The van der Waals surface area contributed by atoms with E-state index in [9.17, 15) is 14.4 Å². The maximum Gasteiger partial charge on any atom is 0.261 e. The molecule has 0 radical (unpaired) electrons. The van der Waals surface area contributed by atoms with Gasteiger partial charge in [-0.25, -0.2) is 15.0 Å². The summed E-state index contributed by atoms with van der Waals surface area (Å²) < 4.78 is 25.3. The van der Waals surface area contributed by atoms with Gasteiger partial charge in [0, 0.05) is 19.0 Å². The van der Waals surface area contributed by atoms with Crippen molar-refractivity contribution in [2.45, 2.75) is 103 Å². The highest BCUT2D eigenvalue weighted by Gasteiger charge is 2.38. The lowest BCUT2D eigenvalue weighted by Gasteiger charge is -2.22. The minimum absolute atomic E-state index is 0.109. The molecule has 3 aliphatic heterocycles. The minimum atomic E-state index is -0.857. The second-order valence-corrected chi connectivity index (χ2v) is 15.8. The molecule has 14 heteroatoms. The van der Waals surface area contributed by atoms with Crippen molar-refractivity contribution in [2.75, 3.05) is 32.6 Å². The van der Waals surface area contributed by atoms with Crippen LogP contribution < -0.4 is 30.0 Å². The van der Waals surface area contributed by atoms with E-state index >= 15 is 0 Å². The van der Waals surface area contributed by atoms with Gasteiger partial charge in [0.1, 0.15) is 5.82 Å². The van der Waals surface area contributed by atoms with Crippen LogP contribution in [0.5, 0.6) is 23.0 Å². The van der Waals surface area contributed by atoms with Gasteiger partial charge in [-0.1, -0.05) is 38.1 Å². The number of aromatic nitrogens is 4. The third-order valence-corrected chi connectivity index (χ3v) is 11.3. The zero-order valence-electron chi connectivity index (χ0n) is 35.1. The number of methoxy groups -OCH3 is 2. The van der Waals surface area contributed by atoms with E-state index in [-0.39, 0.29) is 24.7 Å². The van der Waals surface area contributed by atoms with E-state index in [0.717, 1.165) is 90.2 Å². The molecule has 2 saturated carbocycles.